The van der Waals surface area contributed by atoms with E-state index in [0.717, 1.165) is 16.1 Å². The van der Waals surface area contributed by atoms with Crippen LogP contribution in [-0.4, -0.2) is 60.6 Å². The molecule has 1 aromatic heterocycles. The summed E-state index contributed by atoms with van der Waals surface area (Å²) < 4.78 is 29.6. The van der Waals surface area contributed by atoms with Crippen molar-refractivity contribution in [3.63, 3.8) is 0 Å². The molecule has 208 valence electrons. The van der Waals surface area contributed by atoms with Gasteiger partial charge in [0.1, 0.15) is 28.0 Å². The van der Waals surface area contributed by atoms with Crippen molar-refractivity contribution in [2.24, 2.45) is 5.92 Å². The first kappa shape index (κ1) is 28.5. The summed E-state index contributed by atoms with van der Waals surface area (Å²) in [6.45, 7) is 4.77. The van der Waals surface area contributed by atoms with Gasteiger partial charge in [-0.05, 0) is 43.5 Å². The Hall–Kier alpha value is -3.50. The van der Waals surface area contributed by atoms with Gasteiger partial charge in [-0.15, -0.1) is 11.3 Å². The molecular weight excluding hydrogens is 521 g/mol. The number of carbonyl (C=O) groups excluding carboxylic acids is 2. The Morgan fingerprint density at radius 3 is 2.46 bits per heavy atom. The number of benzene rings is 2. The third-order valence-electron chi connectivity index (χ3n) is 6.74. The van der Waals surface area contributed by atoms with Gasteiger partial charge in [0.05, 0.1) is 33.3 Å². The number of hydrogen-bond acceptors (Lipinski definition) is 8. The standard InChI is InChI=1S/C29H34FN3O5S/c1-4-38-29(35)21-11-13-33(14-12-21)28(34)25-19-39-27(31-25)18-32(16-20-5-8-23(30)9-6-20)17-22-7-10-24(36-2)15-26(22)37-3/h5-10,15,19,21H,4,11-14,16-18H2,1-3H3. The number of methoxy groups -OCH3 is 2. The van der Waals surface area contributed by atoms with Crippen LogP contribution in [0.2, 0.25) is 0 Å². The molecule has 1 fully saturated rings. The number of carbonyl (C=O) groups is 2. The van der Waals surface area contributed by atoms with Gasteiger partial charge in [-0.2, -0.15) is 0 Å². The van der Waals surface area contributed by atoms with Crippen LogP contribution in [0.5, 0.6) is 11.5 Å². The number of thiazole rings is 1. The van der Waals surface area contributed by atoms with Gasteiger partial charge >= 0.3 is 5.97 Å². The zero-order chi connectivity index (χ0) is 27.8. The SMILES string of the molecule is CCOC(=O)C1CCN(C(=O)c2csc(CN(Cc3ccc(F)cc3)Cc3ccc(OC)cc3OC)n2)CC1. The van der Waals surface area contributed by atoms with Crippen LogP contribution in [0.25, 0.3) is 0 Å². The van der Waals surface area contributed by atoms with Gasteiger partial charge in [0.15, 0.2) is 0 Å². The molecule has 1 amide bonds. The predicted octanol–water partition coefficient (Wildman–Crippen LogP) is 4.92. The van der Waals surface area contributed by atoms with E-state index in [1.165, 1.54) is 23.5 Å². The average Bonchev–Trinajstić information content (AvgIpc) is 3.42. The number of esters is 1. The number of halogens is 1. The summed E-state index contributed by atoms with van der Waals surface area (Å²) in [5.74, 6) is 0.665. The molecule has 0 N–H and O–H groups in total. The maximum absolute atomic E-state index is 13.5. The highest BCUT2D eigenvalue weighted by Crippen LogP contribution is 2.28. The minimum atomic E-state index is -0.281. The quantitative estimate of drug-likeness (QED) is 0.311. The summed E-state index contributed by atoms with van der Waals surface area (Å²) in [6, 6.07) is 12.1. The van der Waals surface area contributed by atoms with Gasteiger partial charge in [-0.3, -0.25) is 14.5 Å². The molecule has 1 aliphatic rings. The fourth-order valence-corrected chi connectivity index (χ4v) is 5.46. The van der Waals surface area contributed by atoms with E-state index in [9.17, 15) is 14.0 Å². The molecular formula is C29H34FN3O5S. The zero-order valence-corrected chi connectivity index (χ0v) is 23.3. The van der Waals surface area contributed by atoms with Crippen LogP contribution in [0.15, 0.2) is 47.8 Å². The number of piperidine rings is 1. The van der Waals surface area contributed by atoms with E-state index in [1.54, 1.807) is 43.6 Å². The Bertz CT molecular complexity index is 1260. The van der Waals surface area contributed by atoms with Crippen molar-refractivity contribution >= 4 is 23.2 Å². The molecule has 0 spiro atoms. The van der Waals surface area contributed by atoms with Crippen molar-refractivity contribution in [2.75, 3.05) is 33.9 Å². The van der Waals surface area contributed by atoms with E-state index in [2.05, 4.69) is 9.88 Å². The molecule has 4 rings (SSSR count). The van der Waals surface area contributed by atoms with Crippen molar-refractivity contribution in [1.82, 2.24) is 14.8 Å². The van der Waals surface area contributed by atoms with Crippen molar-refractivity contribution in [3.05, 3.63) is 75.5 Å². The highest BCUT2D eigenvalue weighted by Gasteiger charge is 2.29. The average molecular weight is 556 g/mol. The van der Waals surface area contributed by atoms with Crippen LogP contribution < -0.4 is 9.47 Å². The smallest absolute Gasteiger partial charge is 0.309 e. The molecule has 0 radical (unpaired) electrons. The van der Waals surface area contributed by atoms with Crippen LogP contribution in [0.3, 0.4) is 0 Å². The van der Waals surface area contributed by atoms with Gasteiger partial charge in [0, 0.05) is 43.2 Å². The lowest BCUT2D eigenvalue weighted by atomic mass is 9.97. The van der Waals surface area contributed by atoms with E-state index in [4.69, 9.17) is 14.2 Å². The summed E-state index contributed by atoms with van der Waals surface area (Å²) in [6.07, 6.45) is 1.19. The summed E-state index contributed by atoms with van der Waals surface area (Å²) in [5, 5.41) is 2.59. The highest BCUT2D eigenvalue weighted by atomic mass is 32.1. The number of ether oxygens (including phenoxy) is 3. The maximum Gasteiger partial charge on any atom is 0.309 e. The third-order valence-corrected chi connectivity index (χ3v) is 7.57. The van der Waals surface area contributed by atoms with Gasteiger partial charge in [-0.1, -0.05) is 18.2 Å². The molecule has 8 nitrogen and oxygen atoms in total. The summed E-state index contributed by atoms with van der Waals surface area (Å²) in [4.78, 5) is 33.8. The second kappa shape index (κ2) is 13.5. The van der Waals surface area contributed by atoms with Crippen LogP contribution in [0, 0.1) is 11.7 Å². The first-order chi connectivity index (χ1) is 18.9. The van der Waals surface area contributed by atoms with Gasteiger partial charge in [0.2, 0.25) is 0 Å². The van der Waals surface area contributed by atoms with Crippen molar-refractivity contribution < 1.29 is 28.2 Å². The monoisotopic (exact) mass is 555 g/mol. The summed E-state index contributed by atoms with van der Waals surface area (Å²) in [7, 11) is 3.23. The van der Waals surface area contributed by atoms with E-state index in [0.29, 0.717) is 69.4 Å². The first-order valence-electron chi connectivity index (χ1n) is 13.0. The second-order valence-corrected chi connectivity index (χ2v) is 10.3. The normalized spacial score (nSPS) is 13.9. The Balaban J connectivity index is 1.46. The number of likely N-dealkylation sites (tertiary alicyclic amines) is 1. The largest absolute Gasteiger partial charge is 0.497 e. The van der Waals surface area contributed by atoms with E-state index in [1.807, 2.05) is 18.2 Å². The molecule has 3 aromatic rings. The van der Waals surface area contributed by atoms with Crippen LogP contribution in [-0.2, 0) is 29.2 Å². The van der Waals surface area contributed by atoms with E-state index >= 15 is 0 Å². The zero-order valence-electron chi connectivity index (χ0n) is 22.5. The Morgan fingerprint density at radius 2 is 1.79 bits per heavy atom. The summed E-state index contributed by atoms with van der Waals surface area (Å²) in [5.41, 5.74) is 2.34. The minimum absolute atomic E-state index is 0.123. The van der Waals surface area contributed by atoms with Crippen LogP contribution in [0.4, 0.5) is 4.39 Å². The molecule has 10 heteroatoms. The number of hydrogen-bond donors (Lipinski definition) is 0. The lowest BCUT2D eigenvalue weighted by Gasteiger charge is -2.30. The summed E-state index contributed by atoms with van der Waals surface area (Å²) >= 11 is 1.44. The molecule has 0 bridgehead atoms. The number of rotatable bonds is 11. The third kappa shape index (κ3) is 7.54. The molecule has 2 aromatic carbocycles. The Labute approximate surface area is 232 Å². The topological polar surface area (TPSA) is 81.2 Å². The predicted molar refractivity (Wildman–Crippen MR) is 146 cm³/mol. The van der Waals surface area contributed by atoms with Gasteiger partial charge in [-0.25, -0.2) is 9.37 Å². The van der Waals surface area contributed by atoms with E-state index < -0.39 is 0 Å². The number of aromatic nitrogens is 1. The highest BCUT2D eigenvalue weighted by molar-refractivity contribution is 7.09. The molecule has 0 unspecified atom stereocenters. The van der Waals surface area contributed by atoms with Gasteiger partial charge < -0.3 is 19.1 Å². The fraction of sp³-hybridized carbons (Fsp3) is 0.414. The lowest BCUT2D eigenvalue weighted by Crippen LogP contribution is -2.40. The van der Waals surface area contributed by atoms with Crippen LogP contribution >= 0.6 is 11.3 Å². The minimum Gasteiger partial charge on any atom is -0.497 e. The fourth-order valence-electron chi connectivity index (χ4n) is 4.65. The molecule has 0 atom stereocenters. The van der Waals surface area contributed by atoms with Crippen LogP contribution in [0.1, 0.15) is 46.4 Å². The second-order valence-electron chi connectivity index (χ2n) is 9.39. The molecule has 2 heterocycles. The molecule has 1 saturated heterocycles. The van der Waals surface area contributed by atoms with Crippen molar-refractivity contribution in [3.8, 4) is 11.5 Å². The first-order valence-corrected chi connectivity index (χ1v) is 13.9. The maximum atomic E-state index is 13.5. The number of nitrogens with zero attached hydrogens (tertiary/aromatic N) is 3. The lowest BCUT2D eigenvalue weighted by molar-refractivity contribution is -0.149. The van der Waals surface area contributed by atoms with Crippen molar-refractivity contribution in [1.29, 1.82) is 0 Å². The van der Waals surface area contributed by atoms with E-state index in [-0.39, 0.29) is 23.6 Å². The number of amides is 1. The Morgan fingerprint density at radius 1 is 1.05 bits per heavy atom. The van der Waals surface area contributed by atoms with Gasteiger partial charge in [0.25, 0.3) is 5.91 Å². The molecule has 0 aliphatic carbocycles. The molecule has 0 saturated carbocycles. The molecule has 1 aliphatic heterocycles. The Kier molecular flexibility index (Phi) is 9.89. The van der Waals surface area contributed by atoms with Crippen molar-refractivity contribution in [2.45, 2.75) is 39.4 Å². The molecule has 39 heavy (non-hydrogen) atoms.